The van der Waals surface area contributed by atoms with E-state index in [1.165, 1.54) is 0 Å². The zero-order valence-corrected chi connectivity index (χ0v) is 8.72. The second-order valence-corrected chi connectivity index (χ2v) is 3.61. The van der Waals surface area contributed by atoms with Crippen LogP contribution in [-0.4, -0.2) is 7.11 Å². The van der Waals surface area contributed by atoms with Crippen molar-refractivity contribution in [1.29, 1.82) is 0 Å². The van der Waals surface area contributed by atoms with E-state index in [1.807, 2.05) is 19.1 Å². The number of hydrogen-bond acceptors (Lipinski definition) is 2. The number of anilines is 1. The van der Waals surface area contributed by atoms with Crippen LogP contribution in [0.3, 0.4) is 0 Å². The molecule has 1 rings (SSSR count). The monoisotopic (exact) mass is 179 g/mol. The van der Waals surface area contributed by atoms with Crippen LogP contribution in [0.5, 0.6) is 5.75 Å². The van der Waals surface area contributed by atoms with Gasteiger partial charge in [0, 0.05) is 5.69 Å². The standard InChI is InChI=1S/C11H17NO/c1-7(2)9-6-11(13-4)8(3)5-10(9)12/h5-7H,12H2,1-4H3. The highest BCUT2D eigenvalue weighted by Crippen LogP contribution is 2.29. The van der Waals surface area contributed by atoms with Gasteiger partial charge in [-0.05, 0) is 36.1 Å². The summed E-state index contributed by atoms with van der Waals surface area (Å²) in [5.41, 5.74) is 8.99. The molecule has 2 heteroatoms. The van der Waals surface area contributed by atoms with Crippen LogP contribution < -0.4 is 10.5 Å². The number of nitrogen functional groups attached to an aromatic ring is 1. The summed E-state index contributed by atoms with van der Waals surface area (Å²) in [5.74, 6) is 1.35. The van der Waals surface area contributed by atoms with Gasteiger partial charge < -0.3 is 10.5 Å². The van der Waals surface area contributed by atoms with E-state index in [9.17, 15) is 0 Å². The maximum absolute atomic E-state index is 5.89. The summed E-state index contributed by atoms with van der Waals surface area (Å²) < 4.78 is 5.24. The SMILES string of the molecule is COc1cc(C(C)C)c(N)cc1C. The highest BCUT2D eigenvalue weighted by atomic mass is 16.5. The molecule has 1 aromatic rings. The molecule has 0 atom stereocenters. The molecule has 2 nitrogen and oxygen atoms in total. The molecule has 0 saturated heterocycles. The summed E-state index contributed by atoms with van der Waals surface area (Å²) in [4.78, 5) is 0. The molecule has 1 aromatic carbocycles. The molecule has 0 amide bonds. The smallest absolute Gasteiger partial charge is 0.122 e. The van der Waals surface area contributed by atoms with E-state index in [2.05, 4.69) is 13.8 Å². The molecule has 2 N–H and O–H groups in total. The van der Waals surface area contributed by atoms with Crippen molar-refractivity contribution >= 4 is 5.69 Å². The van der Waals surface area contributed by atoms with Crippen LogP contribution in [0.4, 0.5) is 5.69 Å². The molecule has 72 valence electrons. The van der Waals surface area contributed by atoms with Crippen LogP contribution in [0.25, 0.3) is 0 Å². The number of aryl methyl sites for hydroxylation is 1. The van der Waals surface area contributed by atoms with E-state index in [0.717, 1.165) is 22.6 Å². The maximum atomic E-state index is 5.89. The maximum Gasteiger partial charge on any atom is 0.122 e. The molecular formula is C11H17NO. The van der Waals surface area contributed by atoms with Crippen LogP contribution >= 0.6 is 0 Å². The van der Waals surface area contributed by atoms with Crippen molar-refractivity contribution in [3.63, 3.8) is 0 Å². The van der Waals surface area contributed by atoms with Gasteiger partial charge in [0.2, 0.25) is 0 Å². The van der Waals surface area contributed by atoms with Crippen LogP contribution in [0, 0.1) is 6.92 Å². The van der Waals surface area contributed by atoms with Gasteiger partial charge in [-0.3, -0.25) is 0 Å². The van der Waals surface area contributed by atoms with Gasteiger partial charge in [0.1, 0.15) is 5.75 Å². The Kier molecular flexibility index (Phi) is 2.81. The van der Waals surface area contributed by atoms with Crippen molar-refractivity contribution in [3.05, 3.63) is 23.3 Å². The zero-order valence-electron chi connectivity index (χ0n) is 8.72. The number of rotatable bonds is 2. The minimum Gasteiger partial charge on any atom is -0.496 e. The average Bonchev–Trinajstić information content (AvgIpc) is 2.03. The molecule has 0 radical (unpaired) electrons. The molecule has 0 spiro atoms. The Morgan fingerprint density at radius 3 is 2.38 bits per heavy atom. The number of ether oxygens (including phenoxy) is 1. The Hall–Kier alpha value is -1.18. The van der Waals surface area contributed by atoms with Crippen LogP contribution in [0.15, 0.2) is 12.1 Å². The van der Waals surface area contributed by atoms with E-state index in [1.54, 1.807) is 7.11 Å². The fraction of sp³-hybridized carbons (Fsp3) is 0.455. The fourth-order valence-corrected chi connectivity index (χ4v) is 1.45. The molecule has 0 fully saturated rings. The number of hydrogen-bond donors (Lipinski definition) is 1. The van der Waals surface area contributed by atoms with E-state index < -0.39 is 0 Å². The molecule has 0 aliphatic heterocycles. The zero-order chi connectivity index (χ0) is 10.0. The van der Waals surface area contributed by atoms with Crippen molar-refractivity contribution < 1.29 is 4.74 Å². The predicted molar refractivity (Wildman–Crippen MR) is 56.2 cm³/mol. The van der Waals surface area contributed by atoms with E-state index in [4.69, 9.17) is 10.5 Å². The first kappa shape index (κ1) is 9.90. The molecule has 0 aromatic heterocycles. The predicted octanol–water partition coefficient (Wildman–Crippen LogP) is 2.71. The molecule has 0 aliphatic rings. The topological polar surface area (TPSA) is 35.2 Å². The van der Waals surface area contributed by atoms with Crippen molar-refractivity contribution in [1.82, 2.24) is 0 Å². The second kappa shape index (κ2) is 3.69. The normalized spacial score (nSPS) is 10.5. The second-order valence-electron chi connectivity index (χ2n) is 3.61. The van der Waals surface area contributed by atoms with Gasteiger partial charge in [0.15, 0.2) is 0 Å². The summed E-state index contributed by atoms with van der Waals surface area (Å²) in [6.45, 7) is 6.25. The molecular weight excluding hydrogens is 162 g/mol. The lowest BCUT2D eigenvalue weighted by molar-refractivity contribution is 0.411. The highest BCUT2D eigenvalue weighted by molar-refractivity contribution is 5.55. The van der Waals surface area contributed by atoms with Crippen molar-refractivity contribution in [2.24, 2.45) is 0 Å². The minimum absolute atomic E-state index is 0.439. The first-order valence-corrected chi connectivity index (χ1v) is 4.50. The highest BCUT2D eigenvalue weighted by Gasteiger charge is 2.08. The Morgan fingerprint density at radius 2 is 1.92 bits per heavy atom. The van der Waals surface area contributed by atoms with Crippen molar-refractivity contribution in [2.75, 3.05) is 12.8 Å². The third-order valence-electron chi connectivity index (χ3n) is 2.22. The summed E-state index contributed by atoms with van der Waals surface area (Å²) in [6.07, 6.45) is 0. The Balaban J connectivity index is 3.22. The largest absolute Gasteiger partial charge is 0.496 e. The average molecular weight is 179 g/mol. The van der Waals surface area contributed by atoms with E-state index in [-0.39, 0.29) is 0 Å². The Morgan fingerprint density at radius 1 is 1.31 bits per heavy atom. The van der Waals surface area contributed by atoms with Gasteiger partial charge >= 0.3 is 0 Å². The van der Waals surface area contributed by atoms with Gasteiger partial charge in [-0.15, -0.1) is 0 Å². The lowest BCUT2D eigenvalue weighted by atomic mass is 9.99. The molecule has 0 heterocycles. The molecule has 0 unspecified atom stereocenters. The number of nitrogens with two attached hydrogens (primary N) is 1. The van der Waals surface area contributed by atoms with Crippen LogP contribution in [-0.2, 0) is 0 Å². The Labute approximate surface area is 79.7 Å². The van der Waals surface area contributed by atoms with Crippen LogP contribution in [0.2, 0.25) is 0 Å². The van der Waals surface area contributed by atoms with Crippen molar-refractivity contribution in [3.8, 4) is 5.75 Å². The van der Waals surface area contributed by atoms with Gasteiger partial charge in [-0.2, -0.15) is 0 Å². The van der Waals surface area contributed by atoms with E-state index in [0.29, 0.717) is 5.92 Å². The lowest BCUT2D eigenvalue weighted by Crippen LogP contribution is -1.99. The number of methoxy groups -OCH3 is 1. The first-order chi connectivity index (χ1) is 6.06. The van der Waals surface area contributed by atoms with E-state index >= 15 is 0 Å². The van der Waals surface area contributed by atoms with Gasteiger partial charge in [-0.1, -0.05) is 13.8 Å². The lowest BCUT2D eigenvalue weighted by Gasteiger charge is -2.13. The molecule has 0 saturated carbocycles. The van der Waals surface area contributed by atoms with Crippen molar-refractivity contribution in [2.45, 2.75) is 26.7 Å². The summed E-state index contributed by atoms with van der Waals surface area (Å²) in [7, 11) is 1.68. The molecule has 0 bridgehead atoms. The third kappa shape index (κ3) is 1.94. The number of benzene rings is 1. The first-order valence-electron chi connectivity index (χ1n) is 4.50. The Bertz CT molecular complexity index is 305. The summed E-state index contributed by atoms with van der Waals surface area (Å²) in [6, 6.07) is 3.99. The quantitative estimate of drug-likeness (QED) is 0.708. The van der Waals surface area contributed by atoms with Crippen LogP contribution in [0.1, 0.15) is 30.9 Å². The molecule has 13 heavy (non-hydrogen) atoms. The minimum atomic E-state index is 0.439. The fourth-order valence-electron chi connectivity index (χ4n) is 1.45. The van der Waals surface area contributed by atoms with Gasteiger partial charge in [-0.25, -0.2) is 0 Å². The molecule has 0 aliphatic carbocycles. The summed E-state index contributed by atoms with van der Waals surface area (Å²) in [5, 5.41) is 0. The van der Waals surface area contributed by atoms with Gasteiger partial charge in [0.25, 0.3) is 0 Å². The summed E-state index contributed by atoms with van der Waals surface area (Å²) >= 11 is 0. The van der Waals surface area contributed by atoms with Gasteiger partial charge in [0.05, 0.1) is 7.11 Å². The third-order valence-corrected chi connectivity index (χ3v) is 2.22.